The van der Waals surface area contributed by atoms with Crippen LogP contribution in [0.4, 0.5) is 11.4 Å². The van der Waals surface area contributed by atoms with Crippen LogP contribution in [0.2, 0.25) is 0 Å². The highest BCUT2D eigenvalue weighted by Crippen LogP contribution is 2.36. The third-order valence-electron chi connectivity index (χ3n) is 6.64. The molecule has 0 saturated carbocycles. The number of ketones is 4. The molecule has 4 N–H and O–H groups in total. The number of aryl methyl sites for hydroxylation is 1. The number of phenolic OH excluding ortho intramolecular Hbond substituents is 1. The van der Waals surface area contributed by atoms with Crippen molar-refractivity contribution in [2.45, 2.75) is 6.92 Å². The molecule has 0 saturated heterocycles. The van der Waals surface area contributed by atoms with E-state index in [0.717, 1.165) is 0 Å². The fourth-order valence-electron chi connectivity index (χ4n) is 4.82. The largest absolute Gasteiger partial charge is 0.507 e. The van der Waals surface area contributed by atoms with Crippen molar-refractivity contribution in [2.75, 3.05) is 18.1 Å². The van der Waals surface area contributed by atoms with Crippen LogP contribution in [0.15, 0.2) is 72.8 Å². The number of carbonyl (C=O) groups is 4. The average Bonchev–Trinajstić information content (AvgIpc) is 2.92. The molecule has 0 amide bonds. The lowest BCUT2D eigenvalue weighted by molar-refractivity contribution is 0.0976. The van der Waals surface area contributed by atoms with Crippen LogP contribution >= 0.6 is 0 Å². The van der Waals surface area contributed by atoms with Crippen molar-refractivity contribution >= 4 is 34.5 Å². The summed E-state index contributed by atoms with van der Waals surface area (Å²) in [5.41, 5.74) is 10.3. The predicted octanol–water partition coefficient (Wildman–Crippen LogP) is 4.56. The molecule has 7 nitrogen and oxygen atoms in total. The molecule has 0 atom stereocenters. The highest BCUT2D eigenvalue weighted by atomic mass is 16.3. The average molecular weight is 491 g/mol. The van der Waals surface area contributed by atoms with E-state index in [0.29, 0.717) is 55.9 Å². The second-order valence-corrected chi connectivity index (χ2v) is 8.76. The number of hydrogen-bond acceptors (Lipinski definition) is 7. The van der Waals surface area contributed by atoms with Gasteiger partial charge in [-0.1, -0.05) is 54.6 Å². The van der Waals surface area contributed by atoms with Gasteiger partial charge in [-0.3, -0.25) is 19.2 Å². The van der Waals surface area contributed by atoms with Crippen LogP contribution in [0.25, 0.3) is 0 Å². The van der Waals surface area contributed by atoms with E-state index in [2.05, 4.69) is 5.32 Å². The summed E-state index contributed by atoms with van der Waals surface area (Å²) < 4.78 is 0. The Bertz CT molecular complexity index is 1610. The standard InChI is InChI=1S/C15H12N2O2.C15H10O3/c1-17-11-7-6-10(16)12-13(11)15(19)9-5-3-2-4-8(9)14(12)18;1-8-6-7-11(16)13-12(8)14(17)9-4-2-3-5-10(9)15(13)18/h2-7,17H,16H2,1H3;2-7,16H,1H3. The third kappa shape index (κ3) is 3.60. The second kappa shape index (κ2) is 8.87. The summed E-state index contributed by atoms with van der Waals surface area (Å²) in [5, 5.41) is 12.8. The summed E-state index contributed by atoms with van der Waals surface area (Å²) in [6.07, 6.45) is 0. The van der Waals surface area contributed by atoms with Crippen molar-refractivity contribution in [3.63, 3.8) is 0 Å². The van der Waals surface area contributed by atoms with Crippen molar-refractivity contribution in [1.82, 2.24) is 0 Å². The first-order valence-corrected chi connectivity index (χ1v) is 11.6. The predicted molar refractivity (Wildman–Crippen MR) is 140 cm³/mol. The fraction of sp³-hybridized carbons (Fsp3) is 0.0667. The van der Waals surface area contributed by atoms with E-state index in [1.54, 1.807) is 80.7 Å². The Morgan fingerprint density at radius 2 is 1.05 bits per heavy atom. The minimum Gasteiger partial charge on any atom is -0.507 e. The zero-order valence-corrected chi connectivity index (χ0v) is 20.1. The van der Waals surface area contributed by atoms with Crippen LogP contribution in [0.3, 0.4) is 0 Å². The third-order valence-corrected chi connectivity index (χ3v) is 6.64. The highest BCUT2D eigenvalue weighted by molar-refractivity contribution is 6.32. The molecule has 2 aliphatic rings. The van der Waals surface area contributed by atoms with E-state index in [1.165, 1.54) is 6.07 Å². The Balaban J connectivity index is 0.000000152. The molecule has 4 aromatic carbocycles. The van der Waals surface area contributed by atoms with E-state index in [4.69, 9.17) is 5.73 Å². The molecule has 0 bridgehead atoms. The number of carbonyl (C=O) groups excluding carboxylic acids is 4. The van der Waals surface area contributed by atoms with Gasteiger partial charge >= 0.3 is 0 Å². The van der Waals surface area contributed by atoms with E-state index in [9.17, 15) is 24.3 Å². The number of phenols is 1. The van der Waals surface area contributed by atoms with Gasteiger partial charge < -0.3 is 16.2 Å². The Kier molecular flexibility index (Phi) is 5.68. The molecule has 4 aromatic rings. The zero-order chi connectivity index (χ0) is 26.4. The SMILES string of the molecule is CNc1ccc(N)c2c1C(=O)c1ccccc1C2=O.Cc1ccc(O)c2c1C(=O)c1ccccc1C2=O. The molecule has 7 heteroatoms. The van der Waals surface area contributed by atoms with Crippen molar-refractivity contribution in [3.05, 3.63) is 123 Å². The van der Waals surface area contributed by atoms with E-state index in [1.807, 2.05) is 0 Å². The molecule has 2 aliphatic carbocycles. The molecule has 0 unspecified atom stereocenters. The van der Waals surface area contributed by atoms with E-state index >= 15 is 0 Å². The minimum atomic E-state index is -0.290. The summed E-state index contributed by atoms with van der Waals surface area (Å²) in [5.74, 6) is -0.986. The number of nitrogen functional groups attached to an aromatic ring is 1. The Morgan fingerprint density at radius 1 is 0.595 bits per heavy atom. The molecule has 0 heterocycles. The van der Waals surface area contributed by atoms with Gasteiger partial charge in [-0.15, -0.1) is 0 Å². The molecule has 0 aromatic heterocycles. The maximum Gasteiger partial charge on any atom is 0.198 e. The molecule has 0 radical (unpaired) electrons. The monoisotopic (exact) mass is 490 g/mol. The van der Waals surface area contributed by atoms with Crippen LogP contribution in [-0.4, -0.2) is 35.3 Å². The quantitative estimate of drug-likeness (QED) is 0.288. The molecule has 37 heavy (non-hydrogen) atoms. The summed E-state index contributed by atoms with van der Waals surface area (Å²) in [6.45, 7) is 1.76. The van der Waals surface area contributed by atoms with Gasteiger partial charge in [-0.2, -0.15) is 0 Å². The maximum atomic E-state index is 12.5. The summed E-state index contributed by atoms with van der Waals surface area (Å²) in [7, 11) is 1.71. The van der Waals surface area contributed by atoms with Gasteiger partial charge in [0, 0.05) is 46.2 Å². The van der Waals surface area contributed by atoms with Crippen LogP contribution in [0.1, 0.15) is 69.2 Å². The lowest BCUT2D eigenvalue weighted by Gasteiger charge is -2.21. The Morgan fingerprint density at radius 3 is 1.57 bits per heavy atom. The summed E-state index contributed by atoms with van der Waals surface area (Å²) >= 11 is 0. The second-order valence-electron chi connectivity index (χ2n) is 8.76. The van der Waals surface area contributed by atoms with Crippen molar-refractivity contribution < 1.29 is 24.3 Å². The van der Waals surface area contributed by atoms with Gasteiger partial charge in [0.25, 0.3) is 0 Å². The first-order chi connectivity index (χ1) is 17.8. The van der Waals surface area contributed by atoms with Crippen LogP contribution in [0.5, 0.6) is 5.75 Å². The minimum absolute atomic E-state index is 0.124. The number of aromatic hydroxyl groups is 1. The first-order valence-electron chi connectivity index (χ1n) is 11.6. The molecule has 0 spiro atoms. The van der Waals surface area contributed by atoms with Crippen LogP contribution in [0, 0.1) is 6.92 Å². The molecule has 0 fully saturated rings. The van der Waals surface area contributed by atoms with Gasteiger partial charge in [0.2, 0.25) is 0 Å². The number of benzene rings is 4. The molecule has 182 valence electrons. The Labute approximate surface area is 212 Å². The number of hydrogen-bond donors (Lipinski definition) is 3. The van der Waals surface area contributed by atoms with Gasteiger partial charge in [-0.25, -0.2) is 0 Å². The maximum absolute atomic E-state index is 12.5. The van der Waals surface area contributed by atoms with Crippen LogP contribution in [-0.2, 0) is 0 Å². The van der Waals surface area contributed by atoms with Gasteiger partial charge in [0.1, 0.15) is 5.75 Å². The zero-order valence-electron chi connectivity index (χ0n) is 20.1. The lowest BCUT2D eigenvalue weighted by Crippen LogP contribution is -2.23. The molecule has 0 aliphatic heterocycles. The van der Waals surface area contributed by atoms with Crippen LogP contribution < -0.4 is 11.1 Å². The number of rotatable bonds is 1. The van der Waals surface area contributed by atoms with E-state index < -0.39 is 0 Å². The van der Waals surface area contributed by atoms with Crippen molar-refractivity contribution in [3.8, 4) is 5.75 Å². The normalized spacial score (nSPS) is 13.0. The highest BCUT2D eigenvalue weighted by Gasteiger charge is 2.34. The lowest BCUT2D eigenvalue weighted by atomic mass is 9.81. The number of nitrogens with one attached hydrogen (secondary N) is 1. The van der Waals surface area contributed by atoms with Gasteiger partial charge in [0.05, 0.1) is 16.7 Å². The first kappa shape index (κ1) is 23.7. The molecular weight excluding hydrogens is 468 g/mol. The van der Waals surface area contributed by atoms with Gasteiger partial charge in [-0.05, 0) is 30.7 Å². The fourth-order valence-corrected chi connectivity index (χ4v) is 4.82. The number of nitrogens with two attached hydrogens (primary N) is 1. The number of fused-ring (bicyclic) bond motifs is 4. The smallest absolute Gasteiger partial charge is 0.198 e. The molecular formula is C30H22N2O5. The molecule has 6 rings (SSSR count). The Hall–Kier alpha value is -5.04. The van der Waals surface area contributed by atoms with E-state index in [-0.39, 0.29) is 34.4 Å². The number of anilines is 2. The van der Waals surface area contributed by atoms with Gasteiger partial charge in [0.15, 0.2) is 23.1 Å². The van der Waals surface area contributed by atoms with Crippen molar-refractivity contribution in [2.24, 2.45) is 0 Å². The van der Waals surface area contributed by atoms with Crippen molar-refractivity contribution in [1.29, 1.82) is 0 Å². The topological polar surface area (TPSA) is 127 Å². The summed E-state index contributed by atoms with van der Waals surface area (Å²) in [6, 6.07) is 20.0. The summed E-state index contributed by atoms with van der Waals surface area (Å²) in [4.78, 5) is 49.7.